The van der Waals surface area contributed by atoms with Crippen LogP contribution in [0.5, 0.6) is 0 Å². The molecule has 0 aliphatic rings. The van der Waals surface area contributed by atoms with Crippen molar-refractivity contribution in [2.45, 2.75) is 26.0 Å². The zero-order valence-corrected chi connectivity index (χ0v) is 12.2. The topological polar surface area (TPSA) is 86.5 Å². The van der Waals surface area contributed by atoms with E-state index >= 15 is 0 Å². The molecule has 6 heteroatoms. The molecule has 0 bridgehead atoms. The van der Waals surface area contributed by atoms with Crippen molar-refractivity contribution < 1.29 is 17.9 Å². The van der Waals surface area contributed by atoms with Crippen LogP contribution >= 0.6 is 0 Å². The second-order valence-corrected chi connectivity index (χ2v) is 7.30. The van der Waals surface area contributed by atoms with E-state index in [1.165, 1.54) is 6.07 Å². The maximum absolute atomic E-state index is 11.8. The Hall–Kier alpha value is -1.56. The molecule has 0 aliphatic carbocycles. The molecule has 0 aliphatic heterocycles. The van der Waals surface area contributed by atoms with E-state index in [-0.39, 0.29) is 12.4 Å². The van der Waals surface area contributed by atoms with Gasteiger partial charge in [0.05, 0.1) is 16.6 Å². The second-order valence-electron chi connectivity index (χ2n) is 4.63. The first-order chi connectivity index (χ1) is 8.74. The molecule has 1 rings (SSSR count). The highest BCUT2D eigenvalue weighted by Gasteiger charge is 2.17. The molecule has 0 heterocycles. The summed E-state index contributed by atoms with van der Waals surface area (Å²) in [7, 11) is -3.20. The van der Waals surface area contributed by atoms with Crippen molar-refractivity contribution in [1.29, 1.82) is 0 Å². The Kier molecular flexibility index (Phi) is 4.94. The maximum atomic E-state index is 11.8. The van der Waals surface area contributed by atoms with Gasteiger partial charge in [-0.25, -0.2) is 13.2 Å². The van der Waals surface area contributed by atoms with Gasteiger partial charge in [0.15, 0.2) is 9.84 Å². The van der Waals surface area contributed by atoms with Crippen LogP contribution in [0.1, 0.15) is 29.8 Å². The molecule has 0 aromatic heterocycles. The smallest absolute Gasteiger partial charge is 0.338 e. The van der Waals surface area contributed by atoms with Gasteiger partial charge in [-0.2, -0.15) is 0 Å². The molecule has 1 aromatic rings. The highest BCUT2D eigenvalue weighted by atomic mass is 32.2. The van der Waals surface area contributed by atoms with Crippen LogP contribution in [0.3, 0.4) is 0 Å². The number of carbonyl (C=O) groups is 1. The fraction of sp³-hybridized carbons (Fsp3) is 0.462. The van der Waals surface area contributed by atoms with Crippen molar-refractivity contribution in [2.24, 2.45) is 0 Å². The Morgan fingerprint density at radius 1 is 1.37 bits per heavy atom. The maximum Gasteiger partial charge on any atom is 0.338 e. The van der Waals surface area contributed by atoms with Gasteiger partial charge in [-0.05, 0) is 38.5 Å². The predicted molar refractivity (Wildman–Crippen MR) is 74.8 cm³/mol. The summed E-state index contributed by atoms with van der Waals surface area (Å²) in [6.45, 7) is 4.81. The number of esters is 1. The number of aryl methyl sites for hydroxylation is 1. The fourth-order valence-electron chi connectivity index (χ4n) is 1.42. The lowest BCUT2D eigenvalue weighted by Crippen LogP contribution is -2.22. The number of sulfone groups is 1. The lowest BCUT2D eigenvalue weighted by Gasteiger charge is -2.10. The van der Waals surface area contributed by atoms with E-state index < -0.39 is 21.1 Å². The van der Waals surface area contributed by atoms with Crippen LogP contribution in [0.25, 0.3) is 0 Å². The molecule has 0 fully saturated rings. The Morgan fingerprint density at radius 3 is 2.58 bits per heavy atom. The van der Waals surface area contributed by atoms with Gasteiger partial charge in [-0.3, -0.25) is 0 Å². The van der Waals surface area contributed by atoms with Crippen LogP contribution < -0.4 is 5.73 Å². The first-order valence-electron chi connectivity index (χ1n) is 5.99. The normalized spacial score (nSPS) is 11.6. The van der Waals surface area contributed by atoms with Crippen LogP contribution in [0.2, 0.25) is 0 Å². The van der Waals surface area contributed by atoms with Crippen LogP contribution in [0, 0.1) is 6.92 Å². The van der Waals surface area contributed by atoms with Gasteiger partial charge in [0.2, 0.25) is 0 Å². The molecule has 0 saturated heterocycles. The van der Waals surface area contributed by atoms with E-state index in [4.69, 9.17) is 10.5 Å². The van der Waals surface area contributed by atoms with E-state index in [1.54, 1.807) is 32.9 Å². The lowest BCUT2D eigenvalue weighted by atomic mass is 10.1. The summed E-state index contributed by atoms with van der Waals surface area (Å²) >= 11 is 0. The summed E-state index contributed by atoms with van der Waals surface area (Å²) in [5, 5.41) is -0.472. The third kappa shape index (κ3) is 4.24. The molecular formula is C13H19NO4S. The van der Waals surface area contributed by atoms with E-state index in [1.807, 2.05) is 0 Å². The van der Waals surface area contributed by atoms with Crippen molar-refractivity contribution in [3.05, 3.63) is 29.3 Å². The van der Waals surface area contributed by atoms with Gasteiger partial charge in [-0.1, -0.05) is 6.07 Å². The SMILES string of the molecule is Cc1ccc(N)cc1C(=O)OCCS(=O)(=O)C(C)C. The molecule has 5 nitrogen and oxygen atoms in total. The number of benzene rings is 1. The second kappa shape index (κ2) is 6.06. The van der Waals surface area contributed by atoms with Crippen LogP contribution in [-0.4, -0.2) is 32.0 Å². The van der Waals surface area contributed by atoms with Crippen molar-refractivity contribution in [2.75, 3.05) is 18.1 Å². The summed E-state index contributed by atoms with van der Waals surface area (Å²) in [6, 6.07) is 4.93. The summed E-state index contributed by atoms with van der Waals surface area (Å²) in [5.74, 6) is -0.721. The average molecular weight is 285 g/mol. The van der Waals surface area contributed by atoms with E-state index in [2.05, 4.69) is 0 Å². The molecule has 2 N–H and O–H groups in total. The zero-order valence-electron chi connectivity index (χ0n) is 11.3. The summed E-state index contributed by atoms with van der Waals surface area (Å²) in [5.41, 5.74) is 7.17. The van der Waals surface area contributed by atoms with Crippen molar-refractivity contribution >= 4 is 21.5 Å². The minimum atomic E-state index is -3.20. The summed E-state index contributed by atoms with van der Waals surface area (Å²) in [6.07, 6.45) is 0. The minimum absolute atomic E-state index is 0.145. The molecule has 106 valence electrons. The Balaban J connectivity index is 2.64. The largest absolute Gasteiger partial charge is 0.461 e. The summed E-state index contributed by atoms with van der Waals surface area (Å²) < 4.78 is 28.1. The first-order valence-corrected chi connectivity index (χ1v) is 7.70. The summed E-state index contributed by atoms with van der Waals surface area (Å²) in [4.78, 5) is 11.8. The highest BCUT2D eigenvalue weighted by Crippen LogP contribution is 2.14. The van der Waals surface area contributed by atoms with Gasteiger partial charge < -0.3 is 10.5 Å². The number of nitrogen functional groups attached to an aromatic ring is 1. The van der Waals surface area contributed by atoms with Gasteiger partial charge in [0, 0.05) is 5.69 Å². The van der Waals surface area contributed by atoms with Gasteiger partial charge >= 0.3 is 5.97 Å². The van der Waals surface area contributed by atoms with Crippen molar-refractivity contribution in [3.8, 4) is 0 Å². The zero-order chi connectivity index (χ0) is 14.6. The number of anilines is 1. The van der Waals surface area contributed by atoms with E-state index in [0.29, 0.717) is 11.3 Å². The van der Waals surface area contributed by atoms with Gasteiger partial charge in [0.25, 0.3) is 0 Å². The monoisotopic (exact) mass is 285 g/mol. The van der Waals surface area contributed by atoms with E-state index in [9.17, 15) is 13.2 Å². The van der Waals surface area contributed by atoms with Crippen LogP contribution in [0.15, 0.2) is 18.2 Å². The molecular weight excluding hydrogens is 266 g/mol. The third-order valence-electron chi connectivity index (χ3n) is 2.80. The molecule has 0 saturated carbocycles. The number of carbonyl (C=O) groups excluding carboxylic acids is 1. The van der Waals surface area contributed by atoms with Crippen molar-refractivity contribution in [3.63, 3.8) is 0 Å². The van der Waals surface area contributed by atoms with E-state index in [0.717, 1.165) is 5.56 Å². The minimum Gasteiger partial charge on any atom is -0.461 e. The Bertz CT molecular complexity index is 564. The number of rotatable bonds is 5. The number of hydrogen-bond acceptors (Lipinski definition) is 5. The molecule has 1 aromatic carbocycles. The van der Waals surface area contributed by atoms with Crippen molar-refractivity contribution in [1.82, 2.24) is 0 Å². The van der Waals surface area contributed by atoms with Gasteiger partial charge in [0.1, 0.15) is 6.61 Å². The number of ether oxygens (including phenoxy) is 1. The Morgan fingerprint density at radius 2 is 2.00 bits per heavy atom. The standard InChI is InChI=1S/C13H19NO4S/c1-9(2)19(16,17)7-6-18-13(15)12-8-11(14)5-4-10(12)3/h4-5,8-9H,6-7,14H2,1-3H3. The molecule has 19 heavy (non-hydrogen) atoms. The highest BCUT2D eigenvalue weighted by molar-refractivity contribution is 7.91. The molecule has 0 radical (unpaired) electrons. The third-order valence-corrected chi connectivity index (χ3v) is 4.97. The average Bonchev–Trinajstić information content (AvgIpc) is 2.31. The molecule has 0 unspecified atom stereocenters. The first kappa shape index (κ1) is 15.5. The van der Waals surface area contributed by atoms with Crippen LogP contribution in [-0.2, 0) is 14.6 Å². The Labute approximate surface area is 113 Å². The predicted octanol–water partition coefficient (Wildman–Crippen LogP) is 1.56. The molecule has 0 amide bonds. The molecule has 0 atom stereocenters. The van der Waals surface area contributed by atoms with Crippen LogP contribution in [0.4, 0.5) is 5.69 Å². The number of hydrogen-bond donors (Lipinski definition) is 1. The quantitative estimate of drug-likeness (QED) is 0.655. The molecule has 0 spiro atoms. The van der Waals surface area contributed by atoms with Gasteiger partial charge in [-0.15, -0.1) is 0 Å². The number of nitrogens with two attached hydrogens (primary N) is 1. The lowest BCUT2D eigenvalue weighted by molar-refractivity contribution is 0.0528. The fourth-order valence-corrected chi connectivity index (χ4v) is 2.21.